The van der Waals surface area contributed by atoms with Gasteiger partial charge in [-0.3, -0.25) is 19.4 Å². The zero-order chi connectivity index (χ0) is 28.0. The van der Waals surface area contributed by atoms with Crippen molar-refractivity contribution in [3.05, 3.63) is 68.8 Å². The second kappa shape index (κ2) is 9.48. The van der Waals surface area contributed by atoms with Crippen LogP contribution in [0.3, 0.4) is 0 Å². The molecule has 12 heteroatoms. The van der Waals surface area contributed by atoms with Gasteiger partial charge in [0.15, 0.2) is 0 Å². The average molecular weight is 528 g/mol. The first kappa shape index (κ1) is 26.7. The Morgan fingerprint density at radius 2 is 1.97 bits per heavy atom. The summed E-state index contributed by atoms with van der Waals surface area (Å²) >= 11 is 0. The van der Waals surface area contributed by atoms with E-state index in [1.165, 1.54) is 22.8 Å². The molecule has 0 fully saturated rings. The van der Waals surface area contributed by atoms with Crippen LogP contribution in [0, 0.1) is 11.3 Å². The number of hydrogen-bond donors (Lipinski definition) is 2. The van der Waals surface area contributed by atoms with Crippen molar-refractivity contribution in [2.24, 2.45) is 0 Å². The highest BCUT2D eigenvalue weighted by atomic mass is 19.4. The van der Waals surface area contributed by atoms with E-state index in [0.717, 1.165) is 12.3 Å². The van der Waals surface area contributed by atoms with Crippen LogP contribution < -0.4 is 10.9 Å². The minimum atomic E-state index is -4.61. The van der Waals surface area contributed by atoms with Gasteiger partial charge in [0.05, 0.1) is 17.1 Å². The van der Waals surface area contributed by atoms with Gasteiger partial charge in [-0.2, -0.15) is 18.4 Å². The first-order chi connectivity index (χ1) is 17.7. The second-order valence-corrected chi connectivity index (χ2v) is 9.93. The number of ether oxygens (including phenoxy) is 1. The van der Waals surface area contributed by atoms with Gasteiger partial charge in [0, 0.05) is 24.0 Å². The van der Waals surface area contributed by atoms with E-state index in [0.29, 0.717) is 16.6 Å². The van der Waals surface area contributed by atoms with Crippen LogP contribution in [-0.4, -0.2) is 38.7 Å². The van der Waals surface area contributed by atoms with Crippen molar-refractivity contribution >= 4 is 22.8 Å². The fraction of sp³-hybridized carbons (Fsp3) is 0.346. The van der Waals surface area contributed by atoms with Crippen LogP contribution in [0.15, 0.2) is 35.3 Å². The van der Waals surface area contributed by atoms with Crippen LogP contribution in [-0.2, 0) is 28.7 Å². The van der Waals surface area contributed by atoms with Gasteiger partial charge in [0.25, 0.3) is 11.5 Å². The van der Waals surface area contributed by atoms with Crippen molar-refractivity contribution in [2.45, 2.75) is 51.4 Å². The van der Waals surface area contributed by atoms with Gasteiger partial charge < -0.3 is 19.7 Å². The summed E-state index contributed by atoms with van der Waals surface area (Å²) in [7, 11) is 0. The molecule has 2 N–H and O–H groups in total. The minimum Gasteiger partial charge on any atom is -0.506 e. The lowest BCUT2D eigenvalue weighted by atomic mass is 9.87. The van der Waals surface area contributed by atoms with Crippen molar-refractivity contribution < 1.29 is 32.6 Å². The summed E-state index contributed by atoms with van der Waals surface area (Å²) in [6.07, 6.45) is -3.27. The Kier molecular flexibility index (Phi) is 6.65. The van der Waals surface area contributed by atoms with Gasteiger partial charge in [-0.1, -0.05) is 6.07 Å². The van der Waals surface area contributed by atoms with Crippen LogP contribution >= 0.6 is 0 Å². The fourth-order valence-corrected chi connectivity index (χ4v) is 4.47. The zero-order valence-electron chi connectivity index (χ0n) is 20.6. The maximum absolute atomic E-state index is 13.4. The van der Waals surface area contributed by atoms with Crippen molar-refractivity contribution in [3.63, 3.8) is 0 Å². The Morgan fingerprint density at radius 3 is 2.55 bits per heavy atom. The lowest BCUT2D eigenvalue weighted by Gasteiger charge is -2.28. The minimum absolute atomic E-state index is 0.0199. The summed E-state index contributed by atoms with van der Waals surface area (Å²) in [6, 6.07) is 6.97. The number of hydrogen-bond acceptors (Lipinski definition) is 7. The SMILES string of the molecule is CC(C)(C)OC(=O)CNC(=O)c1c(O)c2cc(C#N)cc3c2n(c1=O)CC(c1ccc(C(F)(F)F)nc1)C3. The molecule has 0 radical (unpaired) electrons. The van der Waals surface area contributed by atoms with Gasteiger partial charge >= 0.3 is 12.1 Å². The van der Waals surface area contributed by atoms with E-state index in [4.69, 9.17) is 4.74 Å². The zero-order valence-corrected chi connectivity index (χ0v) is 20.6. The number of nitriles is 1. The molecule has 0 saturated carbocycles. The number of aromatic hydroxyl groups is 1. The van der Waals surface area contributed by atoms with Crippen molar-refractivity contribution in [3.8, 4) is 11.8 Å². The number of benzene rings is 1. The summed E-state index contributed by atoms with van der Waals surface area (Å²) in [5.74, 6) is -2.92. The third-order valence-electron chi connectivity index (χ3n) is 6.00. The summed E-state index contributed by atoms with van der Waals surface area (Å²) in [6.45, 7) is 4.36. The Bertz CT molecular complexity index is 1550. The second-order valence-electron chi connectivity index (χ2n) is 9.93. The Morgan fingerprint density at radius 1 is 1.26 bits per heavy atom. The molecule has 1 aliphatic heterocycles. The van der Waals surface area contributed by atoms with E-state index in [9.17, 15) is 37.9 Å². The molecule has 0 saturated heterocycles. The lowest BCUT2D eigenvalue weighted by molar-refractivity contribution is -0.153. The molecule has 1 unspecified atom stereocenters. The maximum Gasteiger partial charge on any atom is 0.433 e. The number of aromatic nitrogens is 2. The molecule has 198 valence electrons. The van der Waals surface area contributed by atoms with Gasteiger partial charge in [0.2, 0.25) is 0 Å². The molecule has 1 aliphatic rings. The number of nitrogens with zero attached hydrogens (tertiary/aromatic N) is 3. The van der Waals surface area contributed by atoms with Crippen LogP contribution in [0.2, 0.25) is 0 Å². The molecule has 1 atom stereocenters. The van der Waals surface area contributed by atoms with E-state index in [2.05, 4.69) is 10.3 Å². The third kappa shape index (κ3) is 5.18. The number of alkyl halides is 3. The number of esters is 1. The molecular weight excluding hydrogens is 505 g/mol. The van der Waals surface area contributed by atoms with Gasteiger partial charge in [-0.05, 0) is 56.5 Å². The smallest absolute Gasteiger partial charge is 0.433 e. The largest absolute Gasteiger partial charge is 0.506 e. The Balaban J connectivity index is 1.76. The predicted octanol–water partition coefficient (Wildman–Crippen LogP) is 3.40. The molecule has 3 heterocycles. The molecule has 0 aliphatic carbocycles. The topological polar surface area (TPSA) is 134 Å². The number of carbonyl (C=O) groups excluding carboxylic acids is 2. The van der Waals surface area contributed by atoms with Crippen molar-refractivity contribution in [1.29, 1.82) is 5.26 Å². The summed E-state index contributed by atoms with van der Waals surface area (Å²) in [4.78, 5) is 41.9. The van der Waals surface area contributed by atoms with E-state index in [-0.39, 0.29) is 23.9 Å². The van der Waals surface area contributed by atoms with Gasteiger partial charge in [0.1, 0.15) is 29.2 Å². The summed E-state index contributed by atoms with van der Waals surface area (Å²) in [5, 5.41) is 22.8. The molecule has 1 amide bonds. The molecule has 0 spiro atoms. The number of amides is 1. The van der Waals surface area contributed by atoms with Crippen LogP contribution in [0.25, 0.3) is 10.9 Å². The van der Waals surface area contributed by atoms with E-state index in [1.807, 2.05) is 6.07 Å². The fourth-order valence-electron chi connectivity index (χ4n) is 4.47. The van der Waals surface area contributed by atoms with E-state index < -0.39 is 58.7 Å². The number of nitrogens with one attached hydrogen (secondary N) is 1. The summed E-state index contributed by atoms with van der Waals surface area (Å²) < 4.78 is 45.3. The normalized spacial score (nSPS) is 15.1. The van der Waals surface area contributed by atoms with Crippen LogP contribution in [0.4, 0.5) is 13.2 Å². The standard InChI is InChI=1S/C26H23F3N4O5/c1-25(2,3)38-19(34)11-32-23(36)20-22(35)17-7-13(9-30)6-15-8-16(12-33(21(15)17)24(20)37)14-4-5-18(31-10-14)26(27,28)29/h4-7,10,16,35H,8,11-12H2,1-3H3,(H,32,36). The molecule has 9 nitrogen and oxygen atoms in total. The average Bonchev–Trinajstić information content (AvgIpc) is 2.83. The molecule has 4 rings (SSSR count). The molecular formula is C26H23F3N4O5. The number of halogens is 3. The van der Waals surface area contributed by atoms with Gasteiger partial charge in [-0.15, -0.1) is 0 Å². The quantitative estimate of drug-likeness (QED) is 0.496. The molecule has 3 aromatic rings. The third-order valence-corrected chi connectivity index (χ3v) is 6.00. The summed E-state index contributed by atoms with van der Waals surface area (Å²) in [5.41, 5.74) is -1.95. The number of rotatable bonds is 4. The van der Waals surface area contributed by atoms with Crippen LogP contribution in [0.1, 0.15) is 59.4 Å². The maximum atomic E-state index is 13.4. The Labute approximate surface area is 214 Å². The van der Waals surface area contributed by atoms with Crippen LogP contribution in [0.5, 0.6) is 5.75 Å². The first-order valence-corrected chi connectivity index (χ1v) is 11.5. The monoisotopic (exact) mass is 528 g/mol. The number of pyridine rings is 2. The lowest BCUT2D eigenvalue weighted by Crippen LogP contribution is -2.39. The van der Waals surface area contributed by atoms with E-state index >= 15 is 0 Å². The van der Waals surface area contributed by atoms with Crippen molar-refractivity contribution in [2.75, 3.05) is 6.54 Å². The predicted molar refractivity (Wildman–Crippen MR) is 128 cm³/mol. The Hall–Kier alpha value is -4.40. The highest BCUT2D eigenvalue weighted by Gasteiger charge is 2.34. The molecule has 0 bridgehead atoms. The first-order valence-electron chi connectivity index (χ1n) is 11.5. The van der Waals surface area contributed by atoms with E-state index in [1.54, 1.807) is 20.8 Å². The molecule has 1 aromatic carbocycles. The van der Waals surface area contributed by atoms with Gasteiger partial charge in [-0.25, -0.2) is 0 Å². The highest BCUT2D eigenvalue weighted by molar-refractivity contribution is 6.04. The molecule has 2 aromatic heterocycles. The van der Waals surface area contributed by atoms with Crippen molar-refractivity contribution in [1.82, 2.24) is 14.9 Å². The highest BCUT2D eigenvalue weighted by Crippen LogP contribution is 2.37. The molecule has 38 heavy (non-hydrogen) atoms. The number of carbonyl (C=O) groups is 2.